The van der Waals surface area contributed by atoms with Gasteiger partial charge in [-0.05, 0) is 63.2 Å². The zero-order valence-corrected chi connectivity index (χ0v) is 10.9. The van der Waals surface area contributed by atoms with Crippen LogP contribution in [0.5, 0.6) is 0 Å². The lowest BCUT2D eigenvalue weighted by molar-refractivity contribution is 0.415. The smallest absolute Gasteiger partial charge is 0.189 e. The van der Waals surface area contributed by atoms with E-state index < -0.39 is 0 Å². The zero-order chi connectivity index (χ0) is 11.9. The molecule has 2 N–H and O–H groups in total. The van der Waals surface area contributed by atoms with Crippen molar-refractivity contribution in [3.8, 4) is 0 Å². The van der Waals surface area contributed by atoms with Crippen LogP contribution in [0.2, 0.25) is 0 Å². The van der Waals surface area contributed by atoms with Crippen molar-refractivity contribution >= 4 is 23.0 Å². The fourth-order valence-electron chi connectivity index (χ4n) is 1.73. The third kappa shape index (κ3) is 2.03. The molecular formula is C12H17N3S. The summed E-state index contributed by atoms with van der Waals surface area (Å²) in [6.07, 6.45) is 0. The number of hydrogen-bond acceptors (Lipinski definition) is 2. The van der Waals surface area contributed by atoms with Gasteiger partial charge in [-0.25, -0.2) is 5.43 Å². The summed E-state index contributed by atoms with van der Waals surface area (Å²) in [7, 11) is 0. The minimum absolute atomic E-state index is 0.185. The van der Waals surface area contributed by atoms with E-state index in [-0.39, 0.29) is 5.66 Å². The molecule has 86 valence electrons. The van der Waals surface area contributed by atoms with Crippen LogP contribution in [0.1, 0.15) is 25.0 Å². The largest absolute Gasteiger partial charge is 0.342 e. The van der Waals surface area contributed by atoms with Crippen molar-refractivity contribution in [1.29, 1.82) is 0 Å². The number of nitrogens with one attached hydrogen (secondary N) is 2. The molecule has 1 aliphatic rings. The molecular weight excluding hydrogens is 218 g/mol. The maximum atomic E-state index is 5.30. The van der Waals surface area contributed by atoms with Crippen molar-refractivity contribution in [1.82, 2.24) is 10.7 Å². The average molecular weight is 235 g/mol. The highest BCUT2D eigenvalue weighted by Gasteiger charge is 2.32. The molecule has 4 heteroatoms. The first-order valence-corrected chi connectivity index (χ1v) is 5.77. The molecule has 16 heavy (non-hydrogen) atoms. The SMILES string of the molecule is Cc1ccc(N2NC(C)(C)NC2=S)cc1C. The molecule has 1 aliphatic heterocycles. The van der Waals surface area contributed by atoms with Crippen LogP contribution >= 0.6 is 12.2 Å². The molecule has 0 atom stereocenters. The number of nitrogens with zero attached hydrogens (tertiary/aromatic N) is 1. The molecule has 0 aromatic heterocycles. The van der Waals surface area contributed by atoms with Crippen LogP contribution in [-0.4, -0.2) is 10.8 Å². The summed E-state index contributed by atoms with van der Waals surface area (Å²) in [5, 5.41) is 5.86. The van der Waals surface area contributed by atoms with Crippen molar-refractivity contribution in [2.24, 2.45) is 0 Å². The van der Waals surface area contributed by atoms with Gasteiger partial charge in [-0.2, -0.15) is 0 Å². The Morgan fingerprint density at radius 3 is 2.38 bits per heavy atom. The minimum Gasteiger partial charge on any atom is -0.342 e. The zero-order valence-electron chi connectivity index (χ0n) is 10.1. The normalized spacial score (nSPS) is 18.8. The monoisotopic (exact) mass is 235 g/mol. The second kappa shape index (κ2) is 3.71. The summed E-state index contributed by atoms with van der Waals surface area (Å²) in [6, 6.07) is 6.32. The van der Waals surface area contributed by atoms with Gasteiger partial charge < -0.3 is 5.32 Å². The quantitative estimate of drug-likeness (QED) is 0.730. The van der Waals surface area contributed by atoms with E-state index in [1.165, 1.54) is 11.1 Å². The maximum absolute atomic E-state index is 5.30. The number of rotatable bonds is 1. The standard InChI is InChI=1S/C12H17N3S/c1-8-5-6-10(7-9(8)2)15-11(16)13-12(3,4)14-15/h5-7,14H,1-4H3,(H,13,16). The molecule has 0 saturated carbocycles. The fourth-order valence-corrected chi connectivity index (χ4v) is 2.13. The highest BCUT2D eigenvalue weighted by molar-refractivity contribution is 7.80. The molecule has 0 radical (unpaired) electrons. The van der Waals surface area contributed by atoms with Gasteiger partial charge >= 0.3 is 0 Å². The second-order valence-corrected chi connectivity index (χ2v) is 5.16. The van der Waals surface area contributed by atoms with E-state index in [1.807, 2.05) is 5.01 Å². The summed E-state index contributed by atoms with van der Waals surface area (Å²) in [5.74, 6) is 0. The first-order chi connectivity index (χ1) is 7.39. The van der Waals surface area contributed by atoms with Crippen LogP contribution in [0.15, 0.2) is 18.2 Å². The Bertz CT molecular complexity index is 440. The van der Waals surface area contributed by atoms with Crippen LogP contribution in [0.4, 0.5) is 5.69 Å². The van der Waals surface area contributed by atoms with Gasteiger partial charge in [0.2, 0.25) is 0 Å². The van der Waals surface area contributed by atoms with Gasteiger partial charge in [0.05, 0.1) is 5.69 Å². The number of aryl methyl sites for hydroxylation is 2. The number of hydrogen-bond donors (Lipinski definition) is 2. The lowest BCUT2D eigenvalue weighted by Crippen LogP contribution is -2.45. The Hall–Kier alpha value is -1.13. The third-order valence-corrected chi connectivity index (χ3v) is 3.05. The van der Waals surface area contributed by atoms with Crippen LogP contribution < -0.4 is 15.8 Å². The molecule has 1 fully saturated rings. The number of anilines is 1. The van der Waals surface area contributed by atoms with Gasteiger partial charge in [0.1, 0.15) is 5.66 Å². The molecule has 1 aromatic carbocycles. The minimum atomic E-state index is -0.185. The Labute approximate surface area is 102 Å². The molecule has 2 rings (SSSR count). The van der Waals surface area contributed by atoms with Gasteiger partial charge in [0.25, 0.3) is 0 Å². The molecule has 0 amide bonds. The Balaban J connectivity index is 2.32. The molecule has 1 heterocycles. The number of hydrazine groups is 1. The molecule has 3 nitrogen and oxygen atoms in total. The van der Waals surface area contributed by atoms with E-state index in [0.717, 1.165) is 5.69 Å². The van der Waals surface area contributed by atoms with E-state index in [1.54, 1.807) is 0 Å². The molecule has 0 unspecified atom stereocenters. The number of benzene rings is 1. The third-order valence-electron chi connectivity index (χ3n) is 2.76. The Kier molecular flexibility index (Phi) is 2.64. The first kappa shape index (κ1) is 11.4. The summed E-state index contributed by atoms with van der Waals surface area (Å²) in [5.41, 5.74) is 6.78. The fraction of sp³-hybridized carbons (Fsp3) is 0.417. The van der Waals surface area contributed by atoms with E-state index in [4.69, 9.17) is 12.2 Å². The van der Waals surface area contributed by atoms with Gasteiger partial charge in [-0.3, -0.25) is 5.01 Å². The molecule has 1 aromatic rings. The highest BCUT2D eigenvalue weighted by Crippen LogP contribution is 2.21. The average Bonchev–Trinajstić information content (AvgIpc) is 2.45. The maximum Gasteiger partial charge on any atom is 0.189 e. The topological polar surface area (TPSA) is 27.3 Å². The van der Waals surface area contributed by atoms with Crippen LogP contribution in [0, 0.1) is 13.8 Å². The Morgan fingerprint density at radius 2 is 1.88 bits per heavy atom. The van der Waals surface area contributed by atoms with Gasteiger partial charge in [-0.1, -0.05) is 6.07 Å². The highest BCUT2D eigenvalue weighted by atomic mass is 32.1. The van der Waals surface area contributed by atoms with E-state index in [0.29, 0.717) is 5.11 Å². The first-order valence-electron chi connectivity index (χ1n) is 5.36. The second-order valence-electron chi connectivity index (χ2n) is 4.77. The predicted octanol–water partition coefficient (Wildman–Crippen LogP) is 2.24. The van der Waals surface area contributed by atoms with Gasteiger partial charge in [-0.15, -0.1) is 0 Å². The summed E-state index contributed by atoms with van der Waals surface area (Å²) in [6.45, 7) is 8.33. The van der Waals surface area contributed by atoms with Crippen molar-refractivity contribution in [3.63, 3.8) is 0 Å². The van der Waals surface area contributed by atoms with Crippen LogP contribution in [0.3, 0.4) is 0 Å². The lowest BCUT2D eigenvalue weighted by Gasteiger charge is -2.21. The van der Waals surface area contributed by atoms with E-state index >= 15 is 0 Å². The van der Waals surface area contributed by atoms with Crippen LogP contribution in [-0.2, 0) is 0 Å². The van der Waals surface area contributed by atoms with Crippen molar-refractivity contribution in [2.75, 3.05) is 5.01 Å². The van der Waals surface area contributed by atoms with Crippen molar-refractivity contribution in [2.45, 2.75) is 33.4 Å². The molecule has 0 spiro atoms. The summed E-state index contributed by atoms with van der Waals surface area (Å²) < 4.78 is 0. The Morgan fingerprint density at radius 1 is 1.19 bits per heavy atom. The summed E-state index contributed by atoms with van der Waals surface area (Å²) in [4.78, 5) is 0. The summed E-state index contributed by atoms with van der Waals surface area (Å²) >= 11 is 5.30. The van der Waals surface area contributed by atoms with Crippen LogP contribution in [0.25, 0.3) is 0 Å². The van der Waals surface area contributed by atoms with Crippen molar-refractivity contribution < 1.29 is 0 Å². The van der Waals surface area contributed by atoms with E-state index in [2.05, 4.69) is 56.6 Å². The van der Waals surface area contributed by atoms with Crippen molar-refractivity contribution in [3.05, 3.63) is 29.3 Å². The molecule has 0 bridgehead atoms. The van der Waals surface area contributed by atoms with Gasteiger partial charge in [0, 0.05) is 0 Å². The van der Waals surface area contributed by atoms with E-state index in [9.17, 15) is 0 Å². The molecule has 1 saturated heterocycles. The van der Waals surface area contributed by atoms with Gasteiger partial charge in [0.15, 0.2) is 5.11 Å². The lowest BCUT2D eigenvalue weighted by atomic mass is 10.1. The molecule has 0 aliphatic carbocycles. The number of thiocarbonyl (C=S) groups is 1. The predicted molar refractivity (Wildman–Crippen MR) is 71.3 cm³/mol.